The number of hydrogen-bond acceptors (Lipinski definition) is 4. The Labute approximate surface area is 843 Å². The largest absolute Gasteiger partial charge is 0.456 e. The molecule has 0 bridgehead atoms. The van der Waals surface area contributed by atoms with Crippen LogP contribution in [-0.2, 0) is 10.8 Å². The Balaban J connectivity index is 0.000000138. The van der Waals surface area contributed by atoms with Crippen LogP contribution in [0.3, 0.4) is 0 Å². The van der Waals surface area contributed by atoms with E-state index in [0.29, 0.717) is 0 Å². The molecule has 8 nitrogen and oxygen atoms in total. The van der Waals surface area contributed by atoms with Gasteiger partial charge in [-0.25, -0.2) is 0 Å². The lowest BCUT2D eigenvalue weighted by atomic mass is 9.81. The highest BCUT2D eigenvalue weighted by atomic mass is 16.3. The lowest BCUT2D eigenvalue weighted by Gasteiger charge is -2.28. The van der Waals surface area contributed by atoms with Gasteiger partial charge in [0.1, 0.15) is 16.7 Å². The smallest absolute Gasteiger partial charge is 0.159 e. The van der Waals surface area contributed by atoms with Gasteiger partial charge in [0.2, 0.25) is 0 Å². The maximum absolute atomic E-state index is 6.76. The second-order valence-corrected chi connectivity index (χ2v) is 40.2. The summed E-state index contributed by atoms with van der Waals surface area (Å²) in [6, 6.07) is 182. The summed E-state index contributed by atoms with van der Waals surface area (Å²) in [5.74, 6) is 0. The van der Waals surface area contributed by atoms with Gasteiger partial charge in [-0.15, -0.1) is 0 Å². The van der Waals surface area contributed by atoms with Crippen molar-refractivity contribution in [1.82, 2.24) is 18.3 Å². The Morgan fingerprint density at radius 3 is 0.945 bits per heavy atom. The molecule has 22 aromatic carbocycles. The molecule has 0 aliphatic heterocycles. The molecule has 0 amide bonds. The first-order valence-corrected chi connectivity index (χ1v) is 50.5. The van der Waals surface area contributed by atoms with Crippen molar-refractivity contribution in [2.24, 2.45) is 0 Å². The molecule has 2 aliphatic carbocycles. The molecule has 0 N–H and O–H groups in total. The van der Waals surface area contributed by atoms with Crippen molar-refractivity contribution in [3.8, 4) is 89.5 Å². The fourth-order valence-corrected chi connectivity index (χ4v) is 24.3. The van der Waals surface area contributed by atoms with E-state index in [1.54, 1.807) is 0 Å². The minimum Gasteiger partial charge on any atom is -0.456 e. The molecular weight excluding hydrogens is 1770 g/mol. The molecule has 8 heteroatoms. The van der Waals surface area contributed by atoms with Crippen molar-refractivity contribution in [3.63, 3.8) is 0 Å². The van der Waals surface area contributed by atoms with Gasteiger partial charge in [0.05, 0.1) is 49.8 Å². The third-order valence-electron chi connectivity index (χ3n) is 31.5. The lowest BCUT2D eigenvalue weighted by Crippen LogP contribution is -2.17. The molecule has 6 aromatic heterocycles. The van der Waals surface area contributed by atoms with Gasteiger partial charge in [0, 0.05) is 127 Å². The lowest BCUT2D eigenvalue weighted by molar-refractivity contribution is 0.660. The van der Waals surface area contributed by atoms with Gasteiger partial charge in [-0.1, -0.05) is 337 Å². The average molecular weight is 1870 g/mol. The van der Waals surface area contributed by atoms with Crippen molar-refractivity contribution >= 4 is 165 Å². The Morgan fingerprint density at radius 1 is 0.171 bits per heavy atom. The molecule has 2 aliphatic rings. The predicted molar refractivity (Wildman–Crippen MR) is 611 cm³/mol. The zero-order valence-electron chi connectivity index (χ0n) is 80.8. The van der Waals surface area contributed by atoms with Crippen molar-refractivity contribution in [3.05, 3.63) is 520 Å². The van der Waals surface area contributed by atoms with E-state index in [1.807, 2.05) is 12.1 Å². The number of furan rings is 2. The first kappa shape index (κ1) is 84.1. The highest BCUT2D eigenvalue weighted by Gasteiger charge is 2.40. The van der Waals surface area contributed by atoms with Gasteiger partial charge in [0.15, 0.2) is 5.58 Å². The monoisotopic (exact) mass is 1870 g/mol. The Bertz CT molecular complexity index is 10100. The zero-order chi connectivity index (χ0) is 96.7. The van der Waals surface area contributed by atoms with Gasteiger partial charge in [-0.05, 0) is 277 Å². The van der Waals surface area contributed by atoms with E-state index in [4.69, 9.17) is 8.83 Å². The van der Waals surface area contributed by atoms with E-state index in [-0.39, 0.29) is 10.8 Å². The molecule has 28 aromatic rings. The number of hydrogen-bond donors (Lipinski definition) is 0. The third-order valence-corrected chi connectivity index (χ3v) is 31.5. The van der Waals surface area contributed by atoms with E-state index in [2.05, 4.69) is 541 Å². The predicted octanol–water partition coefficient (Wildman–Crippen LogP) is 37.8. The number of nitrogens with zero attached hydrogens (tertiary/aromatic N) is 6. The quantitative estimate of drug-likeness (QED) is 0.109. The fourth-order valence-electron chi connectivity index (χ4n) is 24.3. The molecule has 30 rings (SSSR count). The molecule has 146 heavy (non-hydrogen) atoms. The molecule has 0 saturated heterocycles. The highest BCUT2D eigenvalue weighted by Crippen LogP contribution is 2.56. The first-order chi connectivity index (χ1) is 71.9. The summed E-state index contributed by atoms with van der Waals surface area (Å²) in [7, 11) is 0. The summed E-state index contributed by atoms with van der Waals surface area (Å²) in [5, 5.41) is 14.5. The Hall–Kier alpha value is -18.8. The molecule has 0 fully saturated rings. The van der Waals surface area contributed by atoms with Crippen LogP contribution in [0.15, 0.2) is 506 Å². The summed E-state index contributed by atoms with van der Waals surface area (Å²) >= 11 is 0. The topological polar surface area (TPSA) is 52.5 Å². The maximum Gasteiger partial charge on any atom is 0.159 e. The van der Waals surface area contributed by atoms with Gasteiger partial charge < -0.3 is 36.9 Å². The summed E-state index contributed by atoms with van der Waals surface area (Å²) in [4.78, 5) is 4.79. The highest BCUT2D eigenvalue weighted by molar-refractivity contribution is 6.16. The van der Waals surface area contributed by atoms with Crippen LogP contribution in [0, 0.1) is 0 Å². The molecule has 6 heterocycles. The first-order valence-electron chi connectivity index (χ1n) is 50.5. The van der Waals surface area contributed by atoms with Crippen LogP contribution >= 0.6 is 0 Å². The number of anilines is 6. The van der Waals surface area contributed by atoms with Crippen LogP contribution < -0.4 is 9.80 Å². The molecule has 0 spiro atoms. The molecular formula is C138H94N6O2. The maximum atomic E-state index is 6.76. The van der Waals surface area contributed by atoms with Crippen molar-refractivity contribution < 1.29 is 8.83 Å². The number of rotatable bonds is 14. The fraction of sp³-hybridized carbons (Fsp3) is 0.0435. The second kappa shape index (κ2) is 32.9. The van der Waals surface area contributed by atoms with Gasteiger partial charge in [0.25, 0.3) is 0 Å². The number of para-hydroxylation sites is 11. The van der Waals surface area contributed by atoms with Gasteiger partial charge in [-0.3, -0.25) is 0 Å². The normalized spacial score (nSPS) is 12.9. The van der Waals surface area contributed by atoms with E-state index in [9.17, 15) is 0 Å². The number of benzene rings is 22. The van der Waals surface area contributed by atoms with E-state index in [1.165, 1.54) is 165 Å². The summed E-state index contributed by atoms with van der Waals surface area (Å²) in [6.07, 6.45) is 0. The third kappa shape index (κ3) is 13.2. The van der Waals surface area contributed by atoms with Crippen LogP contribution in [-0.4, -0.2) is 18.3 Å². The van der Waals surface area contributed by atoms with Crippen molar-refractivity contribution in [1.29, 1.82) is 0 Å². The summed E-state index contributed by atoms with van der Waals surface area (Å²) in [5.41, 5.74) is 43.6. The number of aromatic nitrogens is 4. The number of fused-ring (bicyclic) bond motifs is 24. The van der Waals surface area contributed by atoms with Crippen LogP contribution in [0.1, 0.15) is 49.9 Å². The minimum atomic E-state index is -0.269. The SMILES string of the molecule is CC1(C)c2cc(-c3ccc4c5ccccc5n(-c5ccccc5)c4c3)ccc2-c2ccc(N(c3ccc(-c4ccc(-n5c6ccccc6c6ccccc65)cc4)cc3)c3ccc4oc5ccccc5c4c3)cc21.CC1(C)c2cc(N(c3ccc(-c4ccc(-c5ccc6c7ccccc7n(-c7ccccc7)c6c5)cc4)cc3)c3cccc4c3oc3ccccc34)ccc2-c2ccc(-n3c4ccccc4c4ccccc43)cc21. The van der Waals surface area contributed by atoms with Crippen molar-refractivity contribution in [2.45, 2.75) is 38.5 Å². The minimum absolute atomic E-state index is 0.259. The van der Waals surface area contributed by atoms with Crippen LogP contribution in [0.2, 0.25) is 0 Å². The molecule has 0 unspecified atom stereocenters. The standard InChI is InChI=1S/2C69H47N3O/c1-69(2)60-42-50(36-39-52(60)53-40-37-51(43-61(53)69)72-63-23-11-6-17-54(63)55-18-7-12-24-64(55)72)70(65-25-14-21-59-58-20-9-13-26-67(58)73-68(59)65)49-34-31-45(32-35-49)44-27-29-46(30-28-44)47-33-38-57-56-19-8-10-22-62(56)71(66(57)41-47)48-15-4-3-5-16-48;1-69(2)61-40-46(47-29-37-58-57-18-8-12-22-65(57)72(66(58)41-47)48-14-4-3-5-15-48)28-36-53(61)54-38-34-52(43-62(54)69)70(51-35-39-68-60(42-51)59-19-9-13-23-67(59)73-68)49-30-24-44(25-31-49)45-26-32-50(33-27-45)71-63-20-10-6-16-55(63)56-17-7-11-21-64(56)71/h2*3-43H,1-2H3. The second-order valence-electron chi connectivity index (χ2n) is 40.2. The van der Waals surface area contributed by atoms with E-state index in [0.717, 1.165) is 112 Å². The van der Waals surface area contributed by atoms with Crippen LogP contribution in [0.4, 0.5) is 34.1 Å². The molecule has 688 valence electrons. The van der Waals surface area contributed by atoms with Crippen LogP contribution in [0.5, 0.6) is 0 Å². The van der Waals surface area contributed by atoms with E-state index >= 15 is 0 Å². The van der Waals surface area contributed by atoms with Gasteiger partial charge >= 0.3 is 0 Å². The Kier molecular flexibility index (Phi) is 19.0. The van der Waals surface area contributed by atoms with Crippen molar-refractivity contribution in [2.75, 3.05) is 9.80 Å². The average Bonchev–Trinajstić information content (AvgIpc) is 1.56. The molecule has 0 saturated carbocycles. The van der Waals surface area contributed by atoms with Crippen LogP contribution in [0.25, 0.3) is 221 Å². The zero-order valence-corrected chi connectivity index (χ0v) is 80.8. The Morgan fingerprint density at radius 2 is 0.459 bits per heavy atom. The van der Waals surface area contributed by atoms with Gasteiger partial charge in [-0.2, -0.15) is 0 Å². The molecule has 0 atom stereocenters. The summed E-state index contributed by atoms with van der Waals surface area (Å²) < 4.78 is 22.7. The van der Waals surface area contributed by atoms with E-state index < -0.39 is 0 Å². The molecule has 0 radical (unpaired) electrons. The summed E-state index contributed by atoms with van der Waals surface area (Å²) in [6.45, 7) is 9.53.